The second-order valence-corrected chi connectivity index (χ2v) is 6.18. The van der Waals surface area contributed by atoms with Crippen LogP contribution in [0.3, 0.4) is 0 Å². The summed E-state index contributed by atoms with van der Waals surface area (Å²) in [7, 11) is 0. The minimum atomic E-state index is -0.171. The van der Waals surface area contributed by atoms with E-state index in [0.717, 1.165) is 22.3 Å². The molecule has 0 aliphatic heterocycles. The molecule has 0 fully saturated rings. The highest BCUT2D eigenvalue weighted by Gasteiger charge is 2.18. The molecule has 4 rings (SSSR count). The number of pyridine rings is 1. The van der Waals surface area contributed by atoms with E-state index in [1.807, 2.05) is 67.6 Å². The molecule has 2 aromatic heterocycles. The Morgan fingerprint density at radius 1 is 0.964 bits per heavy atom. The second kappa shape index (κ2) is 7.84. The van der Waals surface area contributed by atoms with E-state index in [2.05, 4.69) is 20.3 Å². The van der Waals surface area contributed by atoms with Crippen LogP contribution in [0.25, 0.3) is 10.9 Å². The molecule has 1 N–H and O–H groups in total. The minimum Gasteiger partial charge on any atom is -0.338 e. The Hall–Kier alpha value is -3.80. The summed E-state index contributed by atoms with van der Waals surface area (Å²) in [5, 5.41) is 4.28. The first-order chi connectivity index (χ1) is 13.8. The zero-order valence-electron chi connectivity index (χ0n) is 15.4. The highest BCUT2D eigenvalue weighted by molar-refractivity contribution is 6.05. The second-order valence-electron chi connectivity index (χ2n) is 6.18. The first kappa shape index (κ1) is 17.6. The van der Waals surface area contributed by atoms with E-state index in [1.54, 1.807) is 17.2 Å². The van der Waals surface area contributed by atoms with Crippen molar-refractivity contribution in [2.24, 2.45) is 0 Å². The van der Waals surface area contributed by atoms with Gasteiger partial charge in [0.1, 0.15) is 17.8 Å². The summed E-state index contributed by atoms with van der Waals surface area (Å²) >= 11 is 0. The molecule has 1 amide bonds. The largest absolute Gasteiger partial charge is 0.338 e. The van der Waals surface area contributed by atoms with Crippen molar-refractivity contribution in [1.29, 1.82) is 0 Å². The van der Waals surface area contributed by atoms with Crippen molar-refractivity contribution in [1.82, 2.24) is 15.0 Å². The molecule has 0 saturated heterocycles. The molecule has 28 heavy (non-hydrogen) atoms. The molecule has 6 nitrogen and oxygen atoms in total. The predicted octanol–water partition coefficient (Wildman–Crippen LogP) is 4.44. The van der Waals surface area contributed by atoms with E-state index >= 15 is 0 Å². The zero-order chi connectivity index (χ0) is 19.3. The number of hydrogen-bond donors (Lipinski definition) is 1. The van der Waals surface area contributed by atoms with Crippen molar-refractivity contribution in [2.75, 3.05) is 16.8 Å². The summed E-state index contributed by atoms with van der Waals surface area (Å²) < 4.78 is 0. The van der Waals surface area contributed by atoms with E-state index in [0.29, 0.717) is 18.1 Å². The number of nitrogens with one attached hydrogen (secondary N) is 1. The SMILES string of the molecule is CCN(C(=O)c1cc(Nc2cccc3cccnc23)ncn1)c1ccccc1. The summed E-state index contributed by atoms with van der Waals surface area (Å²) in [6.07, 6.45) is 3.15. The number of benzene rings is 2. The molecule has 2 aromatic carbocycles. The summed E-state index contributed by atoms with van der Waals surface area (Å²) in [5.41, 5.74) is 2.83. The highest BCUT2D eigenvalue weighted by atomic mass is 16.2. The van der Waals surface area contributed by atoms with Crippen LogP contribution in [0.5, 0.6) is 0 Å². The zero-order valence-corrected chi connectivity index (χ0v) is 15.4. The number of fused-ring (bicyclic) bond motifs is 1. The van der Waals surface area contributed by atoms with Gasteiger partial charge in [-0.05, 0) is 31.2 Å². The van der Waals surface area contributed by atoms with Crippen molar-refractivity contribution in [3.8, 4) is 0 Å². The van der Waals surface area contributed by atoms with Crippen LogP contribution in [0.2, 0.25) is 0 Å². The maximum absolute atomic E-state index is 13.0. The molecule has 4 aromatic rings. The Kier molecular flexibility index (Phi) is 4.93. The minimum absolute atomic E-state index is 0.171. The van der Waals surface area contributed by atoms with Gasteiger partial charge in [-0.25, -0.2) is 9.97 Å². The Morgan fingerprint density at radius 2 is 1.79 bits per heavy atom. The molecule has 0 unspecified atom stereocenters. The lowest BCUT2D eigenvalue weighted by atomic mass is 10.2. The van der Waals surface area contributed by atoms with Crippen LogP contribution in [-0.2, 0) is 0 Å². The van der Waals surface area contributed by atoms with Gasteiger partial charge in [-0.15, -0.1) is 0 Å². The third-order valence-electron chi connectivity index (χ3n) is 4.41. The molecular formula is C22H19N5O. The number of hydrogen-bond acceptors (Lipinski definition) is 5. The Morgan fingerprint density at radius 3 is 2.61 bits per heavy atom. The van der Waals surface area contributed by atoms with Crippen LogP contribution in [0.1, 0.15) is 17.4 Å². The first-order valence-electron chi connectivity index (χ1n) is 9.06. The maximum atomic E-state index is 13.0. The average molecular weight is 369 g/mol. The van der Waals surface area contributed by atoms with Gasteiger partial charge < -0.3 is 10.2 Å². The van der Waals surface area contributed by atoms with E-state index in [1.165, 1.54) is 6.33 Å². The lowest BCUT2D eigenvalue weighted by Crippen LogP contribution is -2.31. The Bertz CT molecular complexity index is 1110. The fraction of sp³-hybridized carbons (Fsp3) is 0.0909. The number of amides is 1. The van der Waals surface area contributed by atoms with Crippen LogP contribution in [0, 0.1) is 0 Å². The summed E-state index contributed by atoms with van der Waals surface area (Å²) in [6, 6.07) is 21.0. The Labute approximate surface area is 162 Å². The molecule has 0 saturated carbocycles. The number of anilines is 3. The topological polar surface area (TPSA) is 71.0 Å². The normalized spacial score (nSPS) is 10.6. The van der Waals surface area contributed by atoms with Gasteiger partial charge in [0.2, 0.25) is 0 Å². The summed E-state index contributed by atoms with van der Waals surface area (Å²) in [5.74, 6) is 0.371. The average Bonchev–Trinajstić information content (AvgIpc) is 2.75. The fourth-order valence-corrected chi connectivity index (χ4v) is 3.08. The fourth-order valence-electron chi connectivity index (χ4n) is 3.08. The van der Waals surface area contributed by atoms with Crippen LogP contribution in [-0.4, -0.2) is 27.4 Å². The van der Waals surface area contributed by atoms with Crippen LogP contribution < -0.4 is 10.2 Å². The lowest BCUT2D eigenvalue weighted by molar-refractivity contribution is 0.0983. The van der Waals surface area contributed by atoms with Crippen molar-refractivity contribution in [3.63, 3.8) is 0 Å². The standard InChI is InChI=1S/C22H19N5O/c1-2-27(17-10-4-3-5-11-17)22(28)19-14-20(25-15-24-19)26-18-12-6-8-16-9-7-13-23-21(16)18/h3-15H,2H2,1H3,(H,24,25,26). The monoisotopic (exact) mass is 369 g/mol. The molecule has 0 spiro atoms. The quantitative estimate of drug-likeness (QED) is 0.563. The van der Waals surface area contributed by atoms with E-state index in [4.69, 9.17) is 0 Å². The molecule has 6 heteroatoms. The van der Waals surface area contributed by atoms with Crippen LogP contribution in [0.4, 0.5) is 17.2 Å². The van der Waals surface area contributed by atoms with Gasteiger partial charge in [-0.1, -0.05) is 36.4 Å². The Balaban J connectivity index is 1.63. The van der Waals surface area contributed by atoms with Gasteiger partial charge in [0, 0.05) is 29.9 Å². The van der Waals surface area contributed by atoms with E-state index in [9.17, 15) is 4.79 Å². The van der Waals surface area contributed by atoms with E-state index in [-0.39, 0.29) is 5.91 Å². The van der Waals surface area contributed by atoms with Crippen molar-refractivity contribution >= 4 is 34.0 Å². The molecule has 2 heterocycles. The molecule has 0 bridgehead atoms. The van der Waals surface area contributed by atoms with Gasteiger partial charge in [0.05, 0.1) is 11.2 Å². The van der Waals surface area contributed by atoms with Crippen LogP contribution >= 0.6 is 0 Å². The number of carbonyl (C=O) groups is 1. The van der Waals surface area contributed by atoms with Gasteiger partial charge in [-0.2, -0.15) is 0 Å². The molecule has 0 radical (unpaired) electrons. The third-order valence-corrected chi connectivity index (χ3v) is 4.41. The molecule has 0 aliphatic rings. The molecular weight excluding hydrogens is 350 g/mol. The van der Waals surface area contributed by atoms with Gasteiger partial charge in [0.15, 0.2) is 0 Å². The number of nitrogens with zero attached hydrogens (tertiary/aromatic N) is 4. The predicted molar refractivity (Wildman–Crippen MR) is 111 cm³/mol. The van der Waals surface area contributed by atoms with Crippen molar-refractivity contribution in [3.05, 3.63) is 84.9 Å². The molecule has 0 aliphatic carbocycles. The van der Waals surface area contributed by atoms with E-state index < -0.39 is 0 Å². The van der Waals surface area contributed by atoms with Crippen molar-refractivity contribution in [2.45, 2.75) is 6.92 Å². The van der Waals surface area contributed by atoms with Gasteiger partial charge >= 0.3 is 0 Å². The lowest BCUT2D eigenvalue weighted by Gasteiger charge is -2.20. The van der Waals surface area contributed by atoms with Crippen molar-refractivity contribution < 1.29 is 4.79 Å². The molecule has 0 atom stereocenters. The molecule has 138 valence electrons. The highest BCUT2D eigenvalue weighted by Crippen LogP contribution is 2.24. The smallest absolute Gasteiger partial charge is 0.277 e. The summed E-state index contributed by atoms with van der Waals surface area (Å²) in [4.78, 5) is 27.6. The number of rotatable bonds is 5. The first-order valence-corrected chi connectivity index (χ1v) is 9.06. The number of para-hydroxylation sites is 2. The van der Waals surface area contributed by atoms with Gasteiger partial charge in [-0.3, -0.25) is 9.78 Å². The van der Waals surface area contributed by atoms with Gasteiger partial charge in [0.25, 0.3) is 5.91 Å². The van der Waals surface area contributed by atoms with Crippen LogP contribution in [0.15, 0.2) is 79.3 Å². The number of carbonyl (C=O) groups excluding carboxylic acids is 1. The summed E-state index contributed by atoms with van der Waals surface area (Å²) in [6.45, 7) is 2.48. The number of aromatic nitrogens is 3. The maximum Gasteiger partial charge on any atom is 0.277 e. The third kappa shape index (κ3) is 3.53.